The van der Waals surface area contributed by atoms with Gasteiger partial charge in [0.1, 0.15) is 0 Å². The van der Waals surface area contributed by atoms with Crippen LogP contribution in [0.2, 0.25) is 0 Å². The van der Waals surface area contributed by atoms with Gasteiger partial charge in [0.2, 0.25) is 0 Å². The number of rotatable bonds is 2. The van der Waals surface area contributed by atoms with E-state index in [-0.39, 0.29) is 28.5 Å². The van der Waals surface area contributed by atoms with E-state index in [1.807, 2.05) is 0 Å². The molecule has 0 atom stereocenters. The Bertz CT molecular complexity index is 720. The van der Waals surface area contributed by atoms with Gasteiger partial charge in [0.25, 0.3) is 0 Å². The predicted molar refractivity (Wildman–Crippen MR) is 120 cm³/mol. The van der Waals surface area contributed by atoms with E-state index in [9.17, 15) is 0 Å². The van der Waals surface area contributed by atoms with Gasteiger partial charge in [-0.25, -0.2) is 0 Å². The van der Waals surface area contributed by atoms with Gasteiger partial charge in [0.05, 0.1) is 0 Å². The molecule has 0 fully saturated rings. The zero-order chi connectivity index (χ0) is 20.7. The van der Waals surface area contributed by atoms with Crippen molar-refractivity contribution >= 4 is 25.0 Å². The van der Waals surface area contributed by atoms with Crippen LogP contribution in [0.5, 0.6) is 0 Å². The molecule has 1 heterocycles. The Morgan fingerprint density at radius 1 is 0.621 bits per heavy atom. The standard InChI is InChI=1S/C21H25N2.2CHO.CH3.W/c1-14-9-16(3)20(17(4)10-14)22-7-8-23(13-22)21-18(5)11-15(2)12-19(21)6;2*1-2;;/h7-13H,1-6H3;2*1H;1H3;/q4*-1;. The summed E-state index contributed by atoms with van der Waals surface area (Å²) >= 11 is 0. The molecule has 2 aromatic rings. The molecule has 0 aromatic heterocycles. The van der Waals surface area contributed by atoms with Crippen molar-refractivity contribution in [3.63, 3.8) is 0 Å². The van der Waals surface area contributed by atoms with Crippen LogP contribution in [0.15, 0.2) is 36.7 Å². The molecule has 3 rings (SSSR count). The van der Waals surface area contributed by atoms with Crippen molar-refractivity contribution in [2.45, 2.75) is 41.5 Å². The van der Waals surface area contributed by atoms with Crippen molar-refractivity contribution < 1.29 is 30.7 Å². The van der Waals surface area contributed by atoms with Crippen LogP contribution in [-0.4, -0.2) is 13.6 Å². The van der Waals surface area contributed by atoms with Crippen molar-refractivity contribution in [3.8, 4) is 0 Å². The Morgan fingerprint density at radius 3 is 1.10 bits per heavy atom. The van der Waals surface area contributed by atoms with Crippen LogP contribution >= 0.6 is 0 Å². The van der Waals surface area contributed by atoms with Crippen molar-refractivity contribution in [1.82, 2.24) is 0 Å². The molecule has 0 bridgehead atoms. The normalized spacial score (nSPS) is 11.4. The monoisotopic (exact) mass is 562 g/mol. The van der Waals surface area contributed by atoms with Gasteiger partial charge >= 0.3 is 0 Å². The molecule has 0 aliphatic carbocycles. The van der Waals surface area contributed by atoms with Gasteiger partial charge in [-0.15, -0.1) is 6.67 Å². The van der Waals surface area contributed by atoms with E-state index in [1.54, 1.807) is 0 Å². The van der Waals surface area contributed by atoms with Crippen LogP contribution in [0.25, 0.3) is 0 Å². The maximum absolute atomic E-state index is 7.75. The molecule has 5 heteroatoms. The SMILES string of the molecule is Cc1cc(C)c(N2C=CN(c3c(C)cc(C)cc3C)[CH-]2)c(C)c1.[CH-]=O.[CH-]=O.[CH3-].[W]. The molecule has 158 valence electrons. The van der Waals surface area contributed by atoms with Crippen LogP contribution < -0.4 is 9.80 Å². The van der Waals surface area contributed by atoms with E-state index in [0.717, 1.165) is 0 Å². The maximum atomic E-state index is 7.75. The molecule has 0 amide bonds. The van der Waals surface area contributed by atoms with Crippen molar-refractivity contribution in [1.29, 1.82) is 0 Å². The van der Waals surface area contributed by atoms with Gasteiger partial charge < -0.3 is 26.8 Å². The average molecular weight is 562 g/mol. The van der Waals surface area contributed by atoms with E-state index >= 15 is 0 Å². The number of hydrogen-bond donors (Lipinski definition) is 0. The van der Waals surface area contributed by atoms with Crippen molar-refractivity contribution in [3.05, 3.63) is 84.1 Å². The minimum absolute atomic E-state index is 0. The fourth-order valence-electron chi connectivity index (χ4n) is 3.78. The van der Waals surface area contributed by atoms with Gasteiger partial charge in [0.15, 0.2) is 0 Å². The minimum Gasteiger partial charge on any atom is -0.545 e. The predicted octanol–water partition coefficient (Wildman–Crippen LogP) is 5.35. The molecule has 0 N–H and O–H groups in total. The largest absolute Gasteiger partial charge is 0.545 e. The third-order valence-electron chi connectivity index (χ3n) is 4.42. The molecule has 29 heavy (non-hydrogen) atoms. The minimum atomic E-state index is 0. The van der Waals surface area contributed by atoms with E-state index in [4.69, 9.17) is 9.59 Å². The quantitative estimate of drug-likeness (QED) is 0.366. The summed E-state index contributed by atoms with van der Waals surface area (Å²) in [5, 5.41) is 0. The van der Waals surface area contributed by atoms with E-state index in [2.05, 4.69) is 108 Å². The third-order valence-corrected chi connectivity index (χ3v) is 4.42. The summed E-state index contributed by atoms with van der Waals surface area (Å²) in [6.07, 6.45) is 4.28. The van der Waals surface area contributed by atoms with Gasteiger partial charge in [-0.3, -0.25) is 13.6 Å². The van der Waals surface area contributed by atoms with E-state index in [1.165, 1.54) is 44.8 Å². The first-order valence-corrected chi connectivity index (χ1v) is 8.59. The zero-order valence-corrected chi connectivity index (χ0v) is 21.2. The Morgan fingerprint density at radius 2 is 0.862 bits per heavy atom. The fourth-order valence-corrected chi connectivity index (χ4v) is 3.78. The van der Waals surface area contributed by atoms with Crippen LogP contribution in [0, 0.1) is 55.6 Å². The summed E-state index contributed by atoms with van der Waals surface area (Å²) in [6.45, 7) is 21.7. The molecule has 1 aliphatic rings. The Balaban J connectivity index is 0. The summed E-state index contributed by atoms with van der Waals surface area (Å²) in [4.78, 5) is 20.0. The molecule has 0 radical (unpaired) electrons. The molecule has 2 aromatic carbocycles. The second kappa shape index (κ2) is 13.1. The Hall–Kier alpha value is -2.19. The summed E-state index contributed by atoms with van der Waals surface area (Å²) in [5.74, 6) is 0. The van der Waals surface area contributed by atoms with Gasteiger partial charge in [-0.05, 0) is 76.2 Å². The zero-order valence-electron chi connectivity index (χ0n) is 18.3. The van der Waals surface area contributed by atoms with E-state index in [0.29, 0.717) is 0 Å². The third kappa shape index (κ3) is 6.68. The number of nitrogens with zero attached hydrogens (tertiary/aromatic N) is 2. The van der Waals surface area contributed by atoms with Crippen LogP contribution in [0.4, 0.5) is 11.4 Å². The van der Waals surface area contributed by atoms with Crippen molar-refractivity contribution in [2.75, 3.05) is 9.80 Å². The Kier molecular flexibility index (Phi) is 13.1. The summed E-state index contributed by atoms with van der Waals surface area (Å²) in [6, 6.07) is 8.98. The summed E-state index contributed by atoms with van der Waals surface area (Å²) in [5.41, 5.74) is 10.4. The summed E-state index contributed by atoms with van der Waals surface area (Å²) in [7, 11) is 0. The second-order valence-corrected chi connectivity index (χ2v) is 6.72. The fraction of sp³-hybridized carbons (Fsp3) is 0.250. The maximum Gasteiger partial charge on any atom is 0.0184 e. The molecule has 1 aliphatic heterocycles. The smallest absolute Gasteiger partial charge is 0.0184 e. The van der Waals surface area contributed by atoms with Gasteiger partial charge in [-0.1, -0.05) is 35.4 Å². The second-order valence-electron chi connectivity index (χ2n) is 6.72. The molecular formula is C24H30N2O2W-4. The summed E-state index contributed by atoms with van der Waals surface area (Å²) < 4.78 is 0. The molecule has 0 saturated carbocycles. The molecule has 0 unspecified atom stereocenters. The number of benzene rings is 2. The van der Waals surface area contributed by atoms with Crippen LogP contribution in [0.1, 0.15) is 33.4 Å². The van der Waals surface area contributed by atoms with Crippen LogP contribution in [-0.2, 0) is 30.7 Å². The van der Waals surface area contributed by atoms with E-state index < -0.39 is 0 Å². The van der Waals surface area contributed by atoms with Crippen molar-refractivity contribution in [2.24, 2.45) is 0 Å². The van der Waals surface area contributed by atoms with Gasteiger partial charge in [0, 0.05) is 32.4 Å². The molecule has 0 saturated heterocycles. The topological polar surface area (TPSA) is 40.6 Å². The Labute approximate surface area is 190 Å². The number of carbonyl (C=O) groups excluding carboxylic acids is 2. The number of aryl methyl sites for hydroxylation is 6. The first kappa shape index (κ1) is 29.0. The number of hydrogen-bond acceptors (Lipinski definition) is 4. The average Bonchev–Trinajstić information content (AvgIpc) is 3.05. The van der Waals surface area contributed by atoms with Crippen LogP contribution in [0.3, 0.4) is 0 Å². The molecule has 0 spiro atoms. The number of anilines is 2. The van der Waals surface area contributed by atoms with Gasteiger partial charge in [-0.2, -0.15) is 0 Å². The first-order chi connectivity index (χ1) is 12.9. The first-order valence-electron chi connectivity index (χ1n) is 8.59. The molecule has 4 nitrogen and oxygen atoms in total. The molecular weight excluding hydrogens is 532 g/mol.